The predicted octanol–water partition coefficient (Wildman–Crippen LogP) is 2.55. The highest BCUT2D eigenvalue weighted by molar-refractivity contribution is 9.10. The van der Waals surface area contributed by atoms with Crippen LogP contribution >= 0.6 is 15.9 Å². The first-order valence-electron chi connectivity index (χ1n) is 6.65. The lowest BCUT2D eigenvalue weighted by Gasteiger charge is -2.07. The van der Waals surface area contributed by atoms with E-state index in [0.29, 0.717) is 11.3 Å². The lowest BCUT2D eigenvalue weighted by molar-refractivity contribution is -0.136. The Balaban J connectivity index is 1.93. The van der Waals surface area contributed by atoms with Crippen LogP contribution in [0.5, 0.6) is 5.75 Å². The first-order chi connectivity index (χ1) is 11.0. The Morgan fingerprint density at radius 2 is 1.96 bits per heavy atom. The van der Waals surface area contributed by atoms with E-state index in [1.807, 2.05) is 13.0 Å². The third-order valence-electron chi connectivity index (χ3n) is 2.89. The Labute approximate surface area is 141 Å². The highest BCUT2D eigenvalue weighted by Gasteiger charge is 2.13. The number of halogens is 1. The Hall–Kier alpha value is -2.67. The summed E-state index contributed by atoms with van der Waals surface area (Å²) >= 11 is 3.32. The smallest absolute Gasteiger partial charge is 0.329 e. The van der Waals surface area contributed by atoms with Crippen LogP contribution in [0.1, 0.15) is 11.1 Å². The quantitative estimate of drug-likeness (QED) is 0.437. The van der Waals surface area contributed by atoms with Crippen LogP contribution in [0.2, 0.25) is 0 Å². The third kappa shape index (κ3) is 4.93. The van der Waals surface area contributed by atoms with Gasteiger partial charge in [0.2, 0.25) is 0 Å². The van der Waals surface area contributed by atoms with Gasteiger partial charge in [0.05, 0.1) is 6.21 Å². The predicted molar refractivity (Wildman–Crippen MR) is 91.4 cm³/mol. The molecule has 6 nitrogen and oxygen atoms in total. The third-order valence-corrected chi connectivity index (χ3v) is 3.39. The zero-order valence-corrected chi connectivity index (χ0v) is 13.8. The summed E-state index contributed by atoms with van der Waals surface area (Å²) in [6.07, 6.45) is 1.33. The zero-order chi connectivity index (χ0) is 16.8. The van der Waals surface area contributed by atoms with Crippen molar-refractivity contribution in [2.45, 2.75) is 6.92 Å². The van der Waals surface area contributed by atoms with Crippen LogP contribution in [0.4, 0.5) is 5.69 Å². The molecule has 0 saturated carbocycles. The Morgan fingerprint density at radius 3 is 2.65 bits per heavy atom. The van der Waals surface area contributed by atoms with Crippen LogP contribution in [0.15, 0.2) is 52.0 Å². The van der Waals surface area contributed by atoms with Crippen LogP contribution in [-0.2, 0) is 9.59 Å². The molecule has 0 aliphatic heterocycles. The minimum absolute atomic E-state index is 0.0868. The van der Waals surface area contributed by atoms with E-state index in [2.05, 4.69) is 31.8 Å². The summed E-state index contributed by atoms with van der Waals surface area (Å²) in [5, 5.41) is 15.5. The van der Waals surface area contributed by atoms with Gasteiger partial charge >= 0.3 is 11.8 Å². The second-order valence-corrected chi connectivity index (χ2v) is 5.62. The number of phenols is 1. The summed E-state index contributed by atoms with van der Waals surface area (Å²) in [4.78, 5) is 23.5. The van der Waals surface area contributed by atoms with Gasteiger partial charge in [-0.15, -0.1) is 0 Å². The molecule has 0 atom stereocenters. The molecule has 0 aliphatic rings. The van der Waals surface area contributed by atoms with Gasteiger partial charge in [-0.2, -0.15) is 5.10 Å². The van der Waals surface area contributed by atoms with E-state index < -0.39 is 11.8 Å². The first kappa shape index (κ1) is 16.7. The number of carbonyl (C=O) groups excluding carboxylic acids is 2. The number of carbonyl (C=O) groups is 2. The number of nitrogens with one attached hydrogen (secondary N) is 2. The van der Waals surface area contributed by atoms with Crippen molar-refractivity contribution in [1.82, 2.24) is 5.43 Å². The van der Waals surface area contributed by atoms with Gasteiger partial charge in [0.1, 0.15) is 5.75 Å². The monoisotopic (exact) mass is 375 g/mol. The number of aromatic hydroxyl groups is 1. The van der Waals surface area contributed by atoms with Crippen molar-refractivity contribution in [2.24, 2.45) is 5.10 Å². The van der Waals surface area contributed by atoms with E-state index in [0.717, 1.165) is 10.0 Å². The van der Waals surface area contributed by atoms with Crippen molar-refractivity contribution in [1.29, 1.82) is 0 Å². The number of rotatable bonds is 3. The fourth-order valence-electron chi connectivity index (χ4n) is 1.77. The van der Waals surface area contributed by atoms with Crippen molar-refractivity contribution in [3.05, 3.63) is 58.1 Å². The molecule has 0 aliphatic carbocycles. The van der Waals surface area contributed by atoms with Gasteiger partial charge in [0, 0.05) is 10.2 Å². The van der Waals surface area contributed by atoms with Crippen molar-refractivity contribution >= 4 is 39.6 Å². The second kappa shape index (κ2) is 7.55. The van der Waals surface area contributed by atoms with Gasteiger partial charge in [-0.25, -0.2) is 5.43 Å². The Kier molecular flexibility index (Phi) is 5.48. The Bertz CT molecular complexity index is 775. The van der Waals surface area contributed by atoms with E-state index in [1.54, 1.807) is 24.3 Å². The second-order valence-electron chi connectivity index (χ2n) is 4.71. The molecule has 0 spiro atoms. The molecule has 2 aromatic rings. The molecule has 0 fully saturated rings. The number of hydrogen-bond donors (Lipinski definition) is 3. The van der Waals surface area contributed by atoms with Gasteiger partial charge in [-0.1, -0.05) is 28.1 Å². The lowest BCUT2D eigenvalue weighted by atomic mass is 10.2. The zero-order valence-electron chi connectivity index (χ0n) is 12.2. The molecule has 0 aromatic heterocycles. The summed E-state index contributed by atoms with van der Waals surface area (Å²) in [5.41, 5.74) is 4.09. The van der Waals surface area contributed by atoms with Gasteiger partial charge in [0.25, 0.3) is 0 Å². The summed E-state index contributed by atoms with van der Waals surface area (Å²) in [5.74, 6) is -1.61. The molecule has 0 radical (unpaired) electrons. The largest absolute Gasteiger partial charge is 0.508 e. The number of phenolic OH excluding ortho intramolecular Hbond substituents is 1. The molecule has 2 amide bonds. The molecule has 0 heterocycles. The van der Waals surface area contributed by atoms with Crippen molar-refractivity contribution in [3.63, 3.8) is 0 Å². The molecular formula is C16H14BrN3O3. The number of hydrogen-bond acceptors (Lipinski definition) is 4. The fourth-order valence-corrected chi connectivity index (χ4v) is 2.24. The highest BCUT2D eigenvalue weighted by Crippen LogP contribution is 2.19. The van der Waals surface area contributed by atoms with Gasteiger partial charge in [-0.05, 0) is 48.4 Å². The number of aryl methyl sites for hydroxylation is 1. The van der Waals surface area contributed by atoms with Gasteiger partial charge < -0.3 is 10.4 Å². The summed E-state index contributed by atoms with van der Waals surface area (Å²) in [6.45, 7) is 1.82. The minimum atomic E-state index is -0.885. The molecule has 118 valence electrons. The normalized spacial score (nSPS) is 10.5. The summed E-state index contributed by atoms with van der Waals surface area (Å²) in [6, 6.07) is 11.6. The van der Waals surface area contributed by atoms with E-state index in [1.165, 1.54) is 18.3 Å². The molecule has 23 heavy (non-hydrogen) atoms. The van der Waals surface area contributed by atoms with Gasteiger partial charge in [-0.3, -0.25) is 9.59 Å². The summed E-state index contributed by atoms with van der Waals surface area (Å²) in [7, 11) is 0. The molecule has 7 heteroatoms. The van der Waals surface area contributed by atoms with Gasteiger partial charge in [0.15, 0.2) is 0 Å². The van der Waals surface area contributed by atoms with Crippen LogP contribution in [0.25, 0.3) is 0 Å². The number of hydrazone groups is 1. The van der Waals surface area contributed by atoms with Crippen LogP contribution in [-0.4, -0.2) is 23.1 Å². The number of amides is 2. The maximum absolute atomic E-state index is 11.8. The van der Waals surface area contributed by atoms with E-state index in [4.69, 9.17) is 0 Å². The average Bonchev–Trinajstić information content (AvgIpc) is 2.50. The van der Waals surface area contributed by atoms with Crippen LogP contribution < -0.4 is 10.7 Å². The molecule has 0 unspecified atom stereocenters. The van der Waals surface area contributed by atoms with Crippen LogP contribution in [0, 0.1) is 6.92 Å². The van der Waals surface area contributed by atoms with Crippen molar-refractivity contribution in [3.8, 4) is 5.75 Å². The fraction of sp³-hybridized carbons (Fsp3) is 0.0625. The van der Waals surface area contributed by atoms with Crippen LogP contribution in [0.3, 0.4) is 0 Å². The number of benzene rings is 2. The topological polar surface area (TPSA) is 90.8 Å². The van der Waals surface area contributed by atoms with Crippen molar-refractivity contribution < 1.29 is 14.7 Å². The van der Waals surface area contributed by atoms with Crippen molar-refractivity contribution in [2.75, 3.05) is 5.32 Å². The highest BCUT2D eigenvalue weighted by atomic mass is 79.9. The molecule has 0 saturated heterocycles. The minimum Gasteiger partial charge on any atom is -0.508 e. The number of anilines is 1. The number of nitrogens with zero attached hydrogens (tertiary/aromatic N) is 1. The molecule has 0 bridgehead atoms. The lowest BCUT2D eigenvalue weighted by Crippen LogP contribution is -2.32. The molecule has 2 rings (SSSR count). The summed E-state index contributed by atoms with van der Waals surface area (Å²) < 4.78 is 0.883. The standard InChI is InChI=1S/C16H14BrN3O3/c1-10-7-12(17)5-6-14(10)19-15(22)16(23)20-18-9-11-3-2-4-13(21)8-11/h2-9,21H,1H3,(H,19,22)(H,20,23)/b18-9+. The maximum Gasteiger partial charge on any atom is 0.329 e. The average molecular weight is 376 g/mol. The molecular weight excluding hydrogens is 362 g/mol. The first-order valence-corrected chi connectivity index (χ1v) is 7.44. The van der Waals surface area contributed by atoms with E-state index in [-0.39, 0.29) is 5.75 Å². The SMILES string of the molecule is Cc1cc(Br)ccc1NC(=O)C(=O)N/N=C/c1cccc(O)c1. The van der Waals surface area contributed by atoms with E-state index in [9.17, 15) is 14.7 Å². The van der Waals surface area contributed by atoms with E-state index >= 15 is 0 Å². The molecule has 2 aromatic carbocycles. The Morgan fingerprint density at radius 1 is 1.17 bits per heavy atom. The maximum atomic E-state index is 11.8. The molecule has 3 N–H and O–H groups in total.